The zero-order valence-corrected chi connectivity index (χ0v) is 16.7. The molecule has 4 rings (SSSR count). The highest BCUT2D eigenvalue weighted by Gasteiger charge is 2.35. The molecule has 0 unspecified atom stereocenters. The normalized spacial score (nSPS) is 16.5. The van der Waals surface area contributed by atoms with Gasteiger partial charge in [0.05, 0.1) is 12.0 Å². The van der Waals surface area contributed by atoms with Gasteiger partial charge in [0.2, 0.25) is 5.91 Å². The molecule has 1 aliphatic heterocycles. The number of likely N-dealkylation sites (tertiary alicyclic amines) is 1. The van der Waals surface area contributed by atoms with Crippen LogP contribution in [0.15, 0.2) is 54.7 Å². The lowest BCUT2D eigenvalue weighted by Crippen LogP contribution is -2.45. The van der Waals surface area contributed by atoms with Crippen molar-refractivity contribution in [1.82, 2.24) is 9.47 Å². The summed E-state index contributed by atoms with van der Waals surface area (Å²) in [6, 6.07) is 16.3. The van der Waals surface area contributed by atoms with Crippen molar-refractivity contribution in [2.75, 3.05) is 13.1 Å². The molecule has 4 nitrogen and oxygen atoms in total. The number of aliphatic hydroxyl groups is 1. The number of fused-ring (bicyclic) bond motifs is 1. The Labute approximate surface area is 166 Å². The predicted octanol–water partition coefficient (Wildman–Crippen LogP) is 4.02. The van der Waals surface area contributed by atoms with Crippen LogP contribution in [-0.4, -0.2) is 33.6 Å². The van der Waals surface area contributed by atoms with Crippen molar-refractivity contribution in [3.8, 4) is 0 Å². The minimum Gasteiger partial charge on any atom is -0.385 e. The van der Waals surface area contributed by atoms with Gasteiger partial charge in [-0.3, -0.25) is 4.79 Å². The maximum atomic E-state index is 12.9. The number of hydrogen-bond donors (Lipinski definition) is 1. The van der Waals surface area contributed by atoms with Crippen molar-refractivity contribution < 1.29 is 9.90 Å². The number of para-hydroxylation sites is 1. The quantitative estimate of drug-likeness (QED) is 0.747. The van der Waals surface area contributed by atoms with Gasteiger partial charge in [0, 0.05) is 36.7 Å². The molecule has 4 heteroatoms. The number of carbonyl (C=O) groups is 1. The second-order valence-electron chi connectivity index (χ2n) is 7.92. The summed E-state index contributed by atoms with van der Waals surface area (Å²) in [5, 5.41) is 12.2. The fraction of sp³-hybridized carbons (Fsp3) is 0.375. The van der Waals surface area contributed by atoms with Gasteiger partial charge in [-0.25, -0.2) is 0 Å². The van der Waals surface area contributed by atoms with E-state index in [0.29, 0.717) is 32.4 Å². The molecular formula is C24H28N2O2. The maximum Gasteiger partial charge on any atom is 0.227 e. The van der Waals surface area contributed by atoms with E-state index in [2.05, 4.69) is 35.9 Å². The zero-order valence-electron chi connectivity index (χ0n) is 16.7. The van der Waals surface area contributed by atoms with Crippen LogP contribution in [0, 0.1) is 6.92 Å². The summed E-state index contributed by atoms with van der Waals surface area (Å²) in [7, 11) is 0. The Kier molecular flexibility index (Phi) is 4.98. The van der Waals surface area contributed by atoms with E-state index >= 15 is 0 Å². The molecular weight excluding hydrogens is 348 g/mol. The van der Waals surface area contributed by atoms with E-state index < -0.39 is 5.60 Å². The SMILES string of the molecule is CCn1cc(CC(=O)N2CCC(O)(c3cccc(C)c3)CC2)c2ccccc21. The standard InChI is InChI=1S/C24H28N2O2/c1-3-25-17-19(21-9-4-5-10-22(21)25)16-23(27)26-13-11-24(28,12-14-26)20-8-6-7-18(2)15-20/h4-10,15,17,28H,3,11-14,16H2,1-2H3. The second kappa shape index (κ2) is 7.44. The molecule has 0 aliphatic carbocycles. The molecule has 2 heterocycles. The van der Waals surface area contributed by atoms with Crippen molar-refractivity contribution in [2.24, 2.45) is 0 Å². The van der Waals surface area contributed by atoms with Crippen LogP contribution in [0.1, 0.15) is 36.5 Å². The molecule has 1 amide bonds. The fourth-order valence-corrected chi connectivity index (χ4v) is 4.35. The smallest absolute Gasteiger partial charge is 0.227 e. The molecule has 0 atom stereocenters. The summed E-state index contributed by atoms with van der Waals surface area (Å²) in [6.07, 6.45) is 3.68. The first kappa shape index (κ1) is 18.8. The van der Waals surface area contributed by atoms with E-state index in [0.717, 1.165) is 28.6 Å². The number of benzene rings is 2. The lowest BCUT2D eigenvalue weighted by molar-refractivity contribution is -0.135. The van der Waals surface area contributed by atoms with Crippen LogP contribution in [0.2, 0.25) is 0 Å². The Hall–Kier alpha value is -2.59. The van der Waals surface area contributed by atoms with Crippen LogP contribution in [0.3, 0.4) is 0 Å². The summed E-state index contributed by atoms with van der Waals surface area (Å²) >= 11 is 0. The highest BCUT2D eigenvalue weighted by Crippen LogP contribution is 2.33. The number of carbonyl (C=O) groups excluding carboxylic acids is 1. The molecule has 1 saturated heterocycles. The Balaban J connectivity index is 1.46. The van der Waals surface area contributed by atoms with Crippen molar-refractivity contribution in [1.29, 1.82) is 0 Å². The topological polar surface area (TPSA) is 45.5 Å². The maximum absolute atomic E-state index is 12.9. The molecule has 0 radical (unpaired) electrons. The summed E-state index contributed by atoms with van der Waals surface area (Å²) in [5.74, 6) is 0.144. The van der Waals surface area contributed by atoms with Gasteiger partial charge >= 0.3 is 0 Å². The molecule has 1 fully saturated rings. The van der Waals surface area contributed by atoms with Gasteiger partial charge in [0.1, 0.15) is 0 Å². The van der Waals surface area contributed by atoms with Crippen LogP contribution in [0.5, 0.6) is 0 Å². The molecule has 2 aromatic carbocycles. The van der Waals surface area contributed by atoms with Crippen molar-refractivity contribution in [3.63, 3.8) is 0 Å². The fourth-order valence-electron chi connectivity index (χ4n) is 4.35. The second-order valence-corrected chi connectivity index (χ2v) is 7.92. The van der Waals surface area contributed by atoms with Crippen LogP contribution in [0.25, 0.3) is 10.9 Å². The zero-order chi connectivity index (χ0) is 19.7. The number of nitrogens with zero attached hydrogens (tertiary/aromatic N) is 2. The van der Waals surface area contributed by atoms with Crippen LogP contribution >= 0.6 is 0 Å². The summed E-state index contributed by atoms with van der Waals surface area (Å²) < 4.78 is 2.20. The molecule has 1 N–H and O–H groups in total. The van der Waals surface area contributed by atoms with Crippen LogP contribution < -0.4 is 0 Å². The van der Waals surface area contributed by atoms with Gasteiger partial charge in [0.25, 0.3) is 0 Å². The Morgan fingerprint density at radius 1 is 1.11 bits per heavy atom. The molecule has 0 saturated carbocycles. The number of hydrogen-bond acceptors (Lipinski definition) is 2. The van der Waals surface area contributed by atoms with Crippen LogP contribution in [-0.2, 0) is 23.4 Å². The van der Waals surface area contributed by atoms with Gasteiger partial charge in [0.15, 0.2) is 0 Å². The molecule has 0 bridgehead atoms. The summed E-state index contributed by atoms with van der Waals surface area (Å²) in [6.45, 7) is 6.24. The van der Waals surface area contributed by atoms with E-state index in [1.165, 1.54) is 5.52 Å². The molecule has 1 aromatic heterocycles. The molecule has 146 valence electrons. The number of piperidine rings is 1. The number of aromatic nitrogens is 1. The third kappa shape index (κ3) is 3.45. The minimum atomic E-state index is -0.832. The first-order valence-electron chi connectivity index (χ1n) is 10.1. The third-order valence-electron chi connectivity index (χ3n) is 6.05. The van der Waals surface area contributed by atoms with Gasteiger partial charge in [-0.15, -0.1) is 0 Å². The van der Waals surface area contributed by atoms with Gasteiger partial charge in [-0.05, 0) is 43.9 Å². The van der Waals surface area contributed by atoms with Crippen LogP contribution in [0.4, 0.5) is 0 Å². The van der Waals surface area contributed by atoms with Crippen molar-refractivity contribution >= 4 is 16.8 Å². The van der Waals surface area contributed by atoms with Gasteiger partial charge in [-0.2, -0.15) is 0 Å². The number of rotatable bonds is 4. The average molecular weight is 377 g/mol. The van der Waals surface area contributed by atoms with E-state index in [1.54, 1.807) is 0 Å². The lowest BCUT2D eigenvalue weighted by Gasteiger charge is -2.38. The molecule has 3 aromatic rings. The lowest BCUT2D eigenvalue weighted by atomic mass is 9.84. The number of aryl methyl sites for hydroxylation is 2. The molecule has 1 aliphatic rings. The largest absolute Gasteiger partial charge is 0.385 e. The summed E-state index contributed by atoms with van der Waals surface area (Å²) in [4.78, 5) is 14.9. The average Bonchev–Trinajstić information content (AvgIpc) is 3.06. The van der Waals surface area contributed by atoms with Gasteiger partial charge < -0.3 is 14.6 Å². The monoisotopic (exact) mass is 376 g/mol. The first-order valence-corrected chi connectivity index (χ1v) is 10.1. The molecule has 28 heavy (non-hydrogen) atoms. The van der Waals surface area contributed by atoms with E-state index in [1.807, 2.05) is 42.2 Å². The number of amides is 1. The first-order chi connectivity index (χ1) is 13.5. The van der Waals surface area contributed by atoms with E-state index in [9.17, 15) is 9.90 Å². The van der Waals surface area contributed by atoms with Crippen molar-refractivity contribution in [3.05, 3.63) is 71.4 Å². The van der Waals surface area contributed by atoms with Gasteiger partial charge in [-0.1, -0.05) is 48.0 Å². The minimum absolute atomic E-state index is 0.144. The Morgan fingerprint density at radius 2 is 1.86 bits per heavy atom. The van der Waals surface area contributed by atoms with Crippen molar-refractivity contribution in [2.45, 2.75) is 45.3 Å². The third-order valence-corrected chi connectivity index (χ3v) is 6.05. The summed E-state index contributed by atoms with van der Waals surface area (Å²) in [5.41, 5.74) is 3.55. The predicted molar refractivity (Wildman–Crippen MR) is 112 cm³/mol. The Morgan fingerprint density at radius 3 is 2.57 bits per heavy atom. The Bertz CT molecular complexity index is 997. The highest BCUT2D eigenvalue weighted by molar-refractivity contribution is 5.89. The van der Waals surface area contributed by atoms with E-state index in [4.69, 9.17) is 0 Å². The van der Waals surface area contributed by atoms with E-state index in [-0.39, 0.29) is 5.91 Å². The molecule has 0 spiro atoms. The highest BCUT2D eigenvalue weighted by atomic mass is 16.3.